The fourth-order valence-corrected chi connectivity index (χ4v) is 2.60. The third-order valence-electron chi connectivity index (χ3n) is 3.88. The van der Waals surface area contributed by atoms with Crippen molar-refractivity contribution in [2.45, 2.75) is 45.8 Å². The largest absolute Gasteiger partial charge is 0.352 e. The molecule has 1 heterocycles. The van der Waals surface area contributed by atoms with Gasteiger partial charge in [0.15, 0.2) is 0 Å². The highest BCUT2D eigenvalue weighted by atomic mass is 16.2. The minimum atomic E-state index is 0.0835. The van der Waals surface area contributed by atoms with E-state index in [4.69, 9.17) is 0 Å². The van der Waals surface area contributed by atoms with E-state index in [-0.39, 0.29) is 11.9 Å². The molecular weight excluding hydrogens is 262 g/mol. The molecule has 0 unspecified atom stereocenters. The summed E-state index contributed by atoms with van der Waals surface area (Å²) in [6.07, 6.45) is 3.93. The van der Waals surface area contributed by atoms with Crippen molar-refractivity contribution in [3.63, 3.8) is 0 Å². The van der Waals surface area contributed by atoms with Crippen LogP contribution in [0.4, 0.5) is 0 Å². The Morgan fingerprint density at radius 1 is 1.24 bits per heavy atom. The summed E-state index contributed by atoms with van der Waals surface area (Å²) in [7, 11) is 1.94. The summed E-state index contributed by atoms with van der Waals surface area (Å²) in [6, 6.07) is 8.71. The topological polar surface area (TPSA) is 46.1 Å². The van der Waals surface area contributed by atoms with Crippen LogP contribution in [0.5, 0.6) is 0 Å². The standard InChI is InChI=1S/C17H25N3O/c1-4-15(5-2)19-17(21)12-20-9-8-14-7-6-13(11-18-3)10-16(14)20/h6-10,15,18H,4-5,11-12H2,1-3H3,(H,19,21). The fourth-order valence-electron chi connectivity index (χ4n) is 2.60. The van der Waals surface area contributed by atoms with Crippen LogP contribution in [-0.2, 0) is 17.9 Å². The van der Waals surface area contributed by atoms with Gasteiger partial charge < -0.3 is 15.2 Å². The zero-order chi connectivity index (χ0) is 15.2. The van der Waals surface area contributed by atoms with Crippen molar-refractivity contribution < 1.29 is 4.79 Å². The van der Waals surface area contributed by atoms with Gasteiger partial charge in [-0.15, -0.1) is 0 Å². The van der Waals surface area contributed by atoms with Crippen LogP contribution in [0.25, 0.3) is 10.9 Å². The van der Waals surface area contributed by atoms with Crippen LogP contribution in [0.3, 0.4) is 0 Å². The Morgan fingerprint density at radius 2 is 2.00 bits per heavy atom. The number of aromatic nitrogens is 1. The zero-order valence-corrected chi connectivity index (χ0v) is 13.1. The first kappa shape index (κ1) is 15.6. The Labute approximate surface area is 126 Å². The van der Waals surface area contributed by atoms with Gasteiger partial charge in [0.1, 0.15) is 6.54 Å². The first-order chi connectivity index (χ1) is 10.2. The van der Waals surface area contributed by atoms with E-state index in [0.29, 0.717) is 6.54 Å². The molecule has 2 rings (SSSR count). The minimum absolute atomic E-state index is 0.0835. The number of hydrogen-bond acceptors (Lipinski definition) is 2. The van der Waals surface area contributed by atoms with Crippen LogP contribution in [0.1, 0.15) is 32.3 Å². The Balaban J connectivity index is 2.14. The number of fused-ring (bicyclic) bond motifs is 1. The molecule has 0 saturated carbocycles. The van der Waals surface area contributed by atoms with Gasteiger partial charge in [-0.3, -0.25) is 4.79 Å². The molecule has 2 N–H and O–H groups in total. The maximum absolute atomic E-state index is 12.1. The molecule has 21 heavy (non-hydrogen) atoms. The van der Waals surface area contributed by atoms with E-state index >= 15 is 0 Å². The lowest BCUT2D eigenvalue weighted by Gasteiger charge is -2.15. The number of amides is 1. The summed E-state index contributed by atoms with van der Waals surface area (Å²) in [5.74, 6) is 0.0835. The van der Waals surface area contributed by atoms with Crippen molar-refractivity contribution >= 4 is 16.8 Å². The number of rotatable bonds is 7. The summed E-state index contributed by atoms with van der Waals surface area (Å²) in [5.41, 5.74) is 2.34. The molecule has 1 aromatic carbocycles. The molecule has 0 aliphatic rings. The predicted molar refractivity (Wildman–Crippen MR) is 87.2 cm³/mol. The summed E-state index contributed by atoms with van der Waals surface area (Å²) < 4.78 is 2.02. The zero-order valence-electron chi connectivity index (χ0n) is 13.1. The van der Waals surface area contributed by atoms with Crippen molar-refractivity contribution in [2.75, 3.05) is 7.05 Å². The molecule has 0 radical (unpaired) electrons. The van der Waals surface area contributed by atoms with Gasteiger partial charge in [-0.2, -0.15) is 0 Å². The van der Waals surface area contributed by atoms with E-state index in [9.17, 15) is 4.79 Å². The van der Waals surface area contributed by atoms with Crippen LogP contribution in [0.2, 0.25) is 0 Å². The molecule has 0 saturated heterocycles. The average Bonchev–Trinajstić information content (AvgIpc) is 2.87. The van der Waals surface area contributed by atoms with Crippen molar-refractivity contribution in [3.05, 3.63) is 36.0 Å². The molecule has 4 heteroatoms. The molecule has 0 aliphatic heterocycles. The lowest BCUT2D eigenvalue weighted by Crippen LogP contribution is -2.36. The molecule has 2 aromatic rings. The van der Waals surface area contributed by atoms with Crippen molar-refractivity contribution in [1.29, 1.82) is 0 Å². The van der Waals surface area contributed by atoms with Crippen LogP contribution in [0, 0.1) is 0 Å². The summed E-state index contributed by atoms with van der Waals surface area (Å²) in [5, 5.41) is 7.41. The molecule has 0 aliphatic carbocycles. The Hall–Kier alpha value is -1.81. The molecule has 0 spiro atoms. The van der Waals surface area contributed by atoms with E-state index < -0.39 is 0 Å². The molecular formula is C17H25N3O. The number of carbonyl (C=O) groups excluding carboxylic acids is 1. The predicted octanol–water partition coefficient (Wildman–Crippen LogP) is 2.67. The van der Waals surface area contributed by atoms with Gasteiger partial charge in [0.25, 0.3) is 0 Å². The highest BCUT2D eigenvalue weighted by Gasteiger charge is 2.10. The number of carbonyl (C=O) groups is 1. The van der Waals surface area contributed by atoms with Crippen molar-refractivity contribution in [1.82, 2.24) is 15.2 Å². The first-order valence-corrected chi connectivity index (χ1v) is 7.69. The normalized spacial score (nSPS) is 11.2. The van der Waals surface area contributed by atoms with E-state index in [1.807, 2.05) is 17.8 Å². The second kappa shape index (κ2) is 7.27. The number of nitrogens with one attached hydrogen (secondary N) is 2. The molecule has 1 aromatic heterocycles. The molecule has 4 nitrogen and oxygen atoms in total. The third-order valence-corrected chi connectivity index (χ3v) is 3.88. The number of hydrogen-bond donors (Lipinski definition) is 2. The van der Waals surface area contributed by atoms with Gasteiger partial charge in [0, 0.05) is 24.3 Å². The van der Waals surface area contributed by atoms with Gasteiger partial charge in [-0.1, -0.05) is 26.0 Å². The van der Waals surface area contributed by atoms with E-state index in [1.165, 1.54) is 10.9 Å². The molecule has 0 atom stereocenters. The smallest absolute Gasteiger partial charge is 0.240 e. The van der Waals surface area contributed by atoms with Gasteiger partial charge in [0.2, 0.25) is 5.91 Å². The highest BCUT2D eigenvalue weighted by molar-refractivity contribution is 5.84. The Kier molecular flexibility index (Phi) is 5.39. The molecule has 1 amide bonds. The lowest BCUT2D eigenvalue weighted by molar-refractivity contribution is -0.122. The summed E-state index contributed by atoms with van der Waals surface area (Å²) >= 11 is 0. The van der Waals surface area contributed by atoms with Crippen LogP contribution in [-0.4, -0.2) is 23.6 Å². The maximum atomic E-state index is 12.1. The SMILES string of the molecule is CCC(CC)NC(=O)Cn1ccc2ccc(CNC)cc21. The molecule has 0 fully saturated rings. The van der Waals surface area contributed by atoms with E-state index in [1.54, 1.807) is 0 Å². The van der Waals surface area contributed by atoms with Crippen molar-refractivity contribution in [3.8, 4) is 0 Å². The Bertz CT molecular complexity index is 599. The summed E-state index contributed by atoms with van der Waals surface area (Å²) in [4.78, 5) is 12.1. The fraction of sp³-hybridized carbons (Fsp3) is 0.471. The van der Waals surface area contributed by atoms with Gasteiger partial charge >= 0.3 is 0 Å². The average molecular weight is 287 g/mol. The van der Waals surface area contributed by atoms with E-state index in [0.717, 1.165) is 24.9 Å². The third kappa shape index (κ3) is 3.85. The number of benzene rings is 1. The summed E-state index contributed by atoms with van der Waals surface area (Å²) in [6.45, 7) is 5.41. The monoisotopic (exact) mass is 287 g/mol. The maximum Gasteiger partial charge on any atom is 0.240 e. The van der Waals surface area contributed by atoms with Crippen LogP contribution < -0.4 is 10.6 Å². The number of nitrogens with zero attached hydrogens (tertiary/aromatic N) is 1. The minimum Gasteiger partial charge on any atom is -0.352 e. The van der Waals surface area contributed by atoms with Gasteiger partial charge in [0.05, 0.1) is 0 Å². The van der Waals surface area contributed by atoms with Gasteiger partial charge in [-0.05, 0) is 43.0 Å². The first-order valence-electron chi connectivity index (χ1n) is 7.69. The van der Waals surface area contributed by atoms with Gasteiger partial charge in [-0.25, -0.2) is 0 Å². The van der Waals surface area contributed by atoms with Crippen LogP contribution in [0.15, 0.2) is 30.5 Å². The van der Waals surface area contributed by atoms with Crippen molar-refractivity contribution in [2.24, 2.45) is 0 Å². The second-order valence-electron chi connectivity index (χ2n) is 5.45. The quantitative estimate of drug-likeness (QED) is 0.822. The highest BCUT2D eigenvalue weighted by Crippen LogP contribution is 2.17. The Morgan fingerprint density at radius 3 is 2.67 bits per heavy atom. The van der Waals surface area contributed by atoms with Crippen LogP contribution >= 0.6 is 0 Å². The molecule has 0 bridgehead atoms. The lowest BCUT2D eigenvalue weighted by atomic mass is 10.1. The molecule has 114 valence electrons. The van der Waals surface area contributed by atoms with E-state index in [2.05, 4.69) is 48.7 Å². The second-order valence-corrected chi connectivity index (χ2v) is 5.45.